The molecule has 0 radical (unpaired) electrons. The van der Waals surface area contributed by atoms with Gasteiger partial charge in [-0.1, -0.05) is 90.2 Å². The molecule has 0 aliphatic carbocycles. The van der Waals surface area contributed by atoms with Gasteiger partial charge in [0.1, 0.15) is 0 Å². The Hall–Kier alpha value is -1.13. The average Bonchev–Trinajstić information content (AvgIpc) is 2.56. The second kappa shape index (κ2) is 7.76. The molecule has 1 heteroatoms. The van der Waals surface area contributed by atoms with E-state index in [-0.39, 0.29) is 7.92 Å². The van der Waals surface area contributed by atoms with Gasteiger partial charge in [-0.3, -0.25) is 0 Å². The van der Waals surface area contributed by atoms with Crippen LogP contribution in [0.4, 0.5) is 0 Å². The van der Waals surface area contributed by atoms with Crippen LogP contribution in [0, 0.1) is 0 Å². The van der Waals surface area contributed by atoms with Crippen molar-refractivity contribution in [3.8, 4) is 11.1 Å². The van der Waals surface area contributed by atoms with Crippen LogP contribution in [-0.4, -0.2) is 11.3 Å². The van der Waals surface area contributed by atoms with Gasteiger partial charge < -0.3 is 0 Å². The Balaban J connectivity index is 2.51. The Morgan fingerprint density at radius 3 is 1.86 bits per heavy atom. The molecule has 0 aliphatic heterocycles. The molecular weight excluding hydrogens is 271 g/mol. The maximum absolute atomic E-state index is 2.43. The molecule has 0 spiro atoms. The van der Waals surface area contributed by atoms with Gasteiger partial charge in [-0.2, -0.15) is 0 Å². The molecule has 0 heterocycles. The Bertz CT molecular complexity index is 537. The van der Waals surface area contributed by atoms with Gasteiger partial charge in [-0.25, -0.2) is 0 Å². The van der Waals surface area contributed by atoms with Crippen molar-refractivity contribution >= 4 is 13.2 Å². The van der Waals surface area contributed by atoms with Gasteiger partial charge in [0.25, 0.3) is 0 Å². The standard InChI is InChI=1S/C20H27P/c1-5-16(3)21(17(4)6-2)20-15-11-10-14-19(20)18-12-8-7-9-13-18/h7-17H,5-6H2,1-4H3. The third-order valence-corrected chi connectivity index (χ3v) is 7.97. The number of rotatable bonds is 6. The topological polar surface area (TPSA) is 0 Å². The van der Waals surface area contributed by atoms with Crippen LogP contribution in [0.15, 0.2) is 54.6 Å². The first-order valence-electron chi connectivity index (χ1n) is 8.11. The van der Waals surface area contributed by atoms with Crippen molar-refractivity contribution in [3.05, 3.63) is 54.6 Å². The molecule has 2 aromatic carbocycles. The number of hydrogen-bond donors (Lipinski definition) is 0. The summed E-state index contributed by atoms with van der Waals surface area (Å²) >= 11 is 0. The van der Waals surface area contributed by atoms with Crippen molar-refractivity contribution in [2.45, 2.75) is 51.9 Å². The Kier molecular flexibility index (Phi) is 6.00. The molecule has 2 atom stereocenters. The summed E-state index contributed by atoms with van der Waals surface area (Å²) in [5.74, 6) is 0. The van der Waals surface area contributed by atoms with Gasteiger partial charge in [0, 0.05) is 0 Å². The molecule has 2 rings (SSSR count). The molecule has 0 bridgehead atoms. The van der Waals surface area contributed by atoms with Crippen molar-refractivity contribution in [3.63, 3.8) is 0 Å². The van der Waals surface area contributed by atoms with Crippen LogP contribution in [0.5, 0.6) is 0 Å². The molecule has 0 saturated carbocycles. The molecule has 0 aromatic heterocycles. The van der Waals surface area contributed by atoms with Gasteiger partial charge in [0.15, 0.2) is 0 Å². The monoisotopic (exact) mass is 298 g/mol. The van der Waals surface area contributed by atoms with Crippen LogP contribution in [-0.2, 0) is 0 Å². The van der Waals surface area contributed by atoms with Gasteiger partial charge >= 0.3 is 0 Å². The minimum Gasteiger partial charge on any atom is -0.0689 e. The predicted octanol–water partition coefficient (Wildman–Crippen LogP) is 6.06. The first kappa shape index (κ1) is 16.2. The fourth-order valence-corrected chi connectivity index (χ4v) is 6.21. The largest absolute Gasteiger partial charge is 0.0689 e. The fraction of sp³-hybridized carbons (Fsp3) is 0.400. The normalized spacial score (nSPS) is 15.4. The van der Waals surface area contributed by atoms with Crippen LogP contribution in [0.1, 0.15) is 40.5 Å². The van der Waals surface area contributed by atoms with Crippen molar-refractivity contribution in [1.29, 1.82) is 0 Å². The summed E-state index contributed by atoms with van der Waals surface area (Å²) in [6.45, 7) is 9.51. The zero-order valence-corrected chi connectivity index (χ0v) is 14.6. The summed E-state index contributed by atoms with van der Waals surface area (Å²) in [5.41, 5.74) is 4.34. The summed E-state index contributed by atoms with van der Waals surface area (Å²) in [7, 11) is -0.123. The van der Waals surface area contributed by atoms with Crippen molar-refractivity contribution in [1.82, 2.24) is 0 Å². The molecule has 0 saturated heterocycles. The lowest BCUT2D eigenvalue weighted by atomic mass is 10.1. The molecule has 0 N–H and O–H groups in total. The van der Waals surface area contributed by atoms with Crippen molar-refractivity contribution < 1.29 is 0 Å². The summed E-state index contributed by atoms with van der Waals surface area (Å²) in [5, 5.41) is 1.59. The van der Waals surface area contributed by atoms with Crippen LogP contribution in [0.3, 0.4) is 0 Å². The van der Waals surface area contributed by atoms with E-state index in [0.29, 0.717) is 0 Å². The third kappa shape index (κ3) is 3.74. The van der Waals surface area contributed by atoms with E-state index in [1.165, 1.54) is 24.0 Å². The molecule has 112 valence electrons. The van der Waals surface area contributed by atoms with Crippen molar-refractivity contribution in [2.24, 2.45) is 0 Å². The van der Waals surface area contributed by atoms with E-state index in [1.807, 2.05) is 0 Å². The molecule has 2 unspecified atom stereocenters. The van der Waals surface area contributed by atoms with Crippen LogP contribution < -0.4 is 5.30 Å². The summed E-state index contributed by atoms with van der Waals surface area (Å²) in [4.78, 5) is 0. The highest BCUT2D eigenvalue weighted by molar-refractivity contribution is 7.67. The number of hydrogen-bond acceptors (Lipinski definition) is 0. The predicted molar refractivity (Wildman–Crippen MR) is 97.9 cm³/mol. The van der Waals surface area contributed by atoms with Gasteiger partial charge in [-0.15, -0.1) is 0 Å². The highest BCUT2D eigenvalue weighted by Gasteiger charge is 2.25. The third-order valence-electron chi connectivity index (χ3n) is 4.40. The molecule has 21 heavy (non-hydrogen) atoms. The van der Waals surface area contributed by atoms with E-state index in [2.05, 4.69) is 82.3 Å². The Morgan fingerprint density at radius 1 is 0.762 bits per heavy atom. The first-order chi connectivity index (χ1) is 10.2. The lowest BCUT2D eigenvalue weighted by Crippen LogP contribution is -2.19. The van der Waals surface area contributed by atoms with E-state index in [9.17, 15) is 0 Å². The molecule has 0 nitrogen and oxygen atoms in total. The fourth-order valence-electron chi connectivity index (χ4n) is 2.86. The van der Waals surface area contributed by atoms with E-state index in [0.717, 1.165) is 11.3 Å². The zero-order valence-electron chi connectivity index (χ0n) is 13.7. The molecule has 0 aliphatic rings. The Labute approximate surface area is 131 Å². The van der Waals surface area contributed by atoms with E-state index < -0.39 is 0 Å². The van der Waals surface area contributed by atoms with E-state index >= 15 is 0 Å². The SMILES string of the molecule is CCC(C)P(c1ccccc1-c1ccccc1)C(C)CC. The minimum absolute atomic E-state index is 0.123. The van der Waals surface area contributed by atoms with Crippen LogP contribution >= 0.6 is 7.92 Å². The maximum atomic E-state index is 2.43. The smallest absolute Gasteiger partial charge is 0.0107 e. The van der Waals surface area contributed by atoms with Crippen LogP contribution in [0.2, 0.25) is 0 Å². The average molecular weight is 298 g/mol. The first-order valence-corrected chi connectivity index (χ1v) is 9.59. The lowest BCUT2D eigenvalue weighted by Gasteiger charge is -2.31. The lowest BCUT2D eigenvalue weighted by molar-refractivity contribution is 0.840. The van der Waals surface area contributed by atoms with E-state index in [1.54, 1.807) is 5.30 Å². The van der Waals surface area contributed by atoms with Gasteiger partial charge in [0.2, 0.25) is 0 Å². The molecule has 0 fully saturated rings. The second-order valence-corrected chi connectivity index (χ2v) is 8.86. The number of benzene rings is 2. The van der Waals surface area contributed by atoms with Crippen LogP contribution in [0.25, 0.3) is 11.1 Å². The molecule has 0 amide bonds. The van der Waals surface area contributed by atoms with Gasteiger partial charge in [-0.05, 0) is 40.6 Å². The highest BCUT2D eigenvalue weighted by Crippen LogP contribution is 2.49. The highest BCUT2D eigenvalue weighted by atomic mass is 31.1. The Morgan fingerprint density at radius 2 is 1.29 bits per heavy atom. The zero-order chi connectivity index (χ0) is 15.2. The second-order valence-electron chi connectivity index (χ2n) is 5.80. The minimum atomic E-state index is -0.123. The van der Waals surface area contributed by atoms with Gasteiger partial charge in [0.05, 0.1) is 0 Å². The summed E-state index contributed by atoms with van der Waals surface area (Å²) < 4.78 is 0. The quantitative estimate of drug-likeness (QED) is 0.569. The summed E-state index contributed by atoms with van der Waals surface area (Å²) in [6.07, 6.45) is 2.53. The van der Waals surface area contributed by atoms with E-state index in [4.69, 9.17) is 0 Å². The van der Waals surface area contributed by atoms with Crippen molar-refractivity contribution in [2.75, 3.05) is 0 Å². The maximum Gasteiger partial charge on any atom is -0.0107 e. The molecular formula is C20H27P. The summed E-state index contributed by atoms with van der Waals surface area (Å²) in [6, 6.07) is 19.9. The molecule has 2 aromatic rings.